The molecule has 1 aliphatic carbocycles. The summed E-state index contributed by atoms with van der Waals surface area (Å²) in [6.45, 7) is 5.06. The average molecular weight is 221 g/mol. The average Bonchev–Trinajstić information content (AvgIpc) is 2.91. The van der Waals surface area contributed by atoms with Crippen LogP contribution in [-0.4, -0.2) is 39.2 Å². The molecule has 1 fully saturated rings. The summed E-state index contributed by atoms with van der Waals surface area (Å²) < 4.78 is 28.5. The summed E-state index contributed by atoms with van der Waals surface area (Å²) in [6, 6.07) is 0. The predicted molar refractivity (Wildman–Crippen MR) is 55.8 cm³/mol. The van der Waals surface area contributed by atoms with Gasteiger partial charge in [-0.1, -0.05) is 6.92 Å². The Labute approximate surface area is 85.7 Å². The van der Waals surface area contributed by atoms with Gasteiger partial charge in [0.15, 0.2) is 9.84 Å². The van der Waals surface area contributed by atoms with Gasteiger partial charge in [0.05, 0.1) is 11.9 Å². The van der Waals surface area contributed by atoms with Crippen LogP contribution in [0.5, 0.6) is 0 Å². The van der Waals surface area contributed by atoms with Crippen molar-refractivity contribution in [3.05, 3.63) is 0 Å². The van der Waals surface area contributed by atoms with E-state index in [9.17, 15) is 8.42 Å². The summed E-state index contributed by atoms with van der Waals surface area (Å²) in [5.41, 5.74) is 5.32. The molecule has 5 heteroatoms. The first kappa shape index (κ1) is 11.9. The number of sulfone groups is 1. The molecule has 0 unspecified atom stereocenters. The van der Waals surface area contributed by atoms with Gasteiger partial charge in [-0.15, -0.1) is 0 Å². The van der Waals surface area contributed by atoms with Crippen molar-refractivity contribution in [1.29, 1.82) is 0 Å². The minimum absolute atomic E-state index is 0.200. The zero-order chi connectivity index (χ0) is 10.8. The van der Waals surface area contributed by atoms with Crippen LogP contribution in [0.15, 0.2) is 0 Å². The highest BCUT2D eigenvalue weighted by molar-refractivity contribution is 7.92. The van der Waals surface area contributed by atoms with E-state index >= 15 is 0 Å². The maximum atomic E-state index is 11.6. The molecule has 0 saturated heterocycles. The standard InChI is InChI=1S/C9H19NO3S/c1-3-13-7-9(6-10)5-8(9)14(11,12)4-2/h8H,3-7,10H2,1-2H3/t8-,9-/m0/s1. The Morgan fingerprint density at radius 2 is 2.14 bits per heavy atom. The van der Waals surface area contributed by atoms with E-state index < -0.39 is 9.84 Å². The fraction of sp³-hybridized carbons (Fsp3) is 1.00. The van der Waals surface area contributed by atoms with Gasteiger partial charge in [0.1, 0.15) is 0 Å². The van der Waals surface area contributed by atoms with Crippen molar-refractivity contribution in [3.8, 4) is 0 Å². The summed E-state index contributed by atoms with van der Waals surface area (Å²) >= 11 is 0. The molecule has 0 aliphatic heterocycles. The smallest absolute Gasteiger partial charge is 0.153 e. The zero-order valence-corrected chi connectivity index (χ0v) is 9.64. The van der Waals surface area contributed by atoms with Crippen molar-refractivity contribution in [2.24, 2.45) is 11.1 Å². The second kappa shape index (κ2) is 4.16. The molecule has 84 valence electrons. The van der Waals surface area contributed by atoms with E-state index in [1.165, 1.54) is 0 Å². The van der Waals surface area contributed by atoms with Crippen LogP contribution in [0, 0.1) is 5.41 Å². The molecule has 2 N–H and O–H groups in total. The molecule has 0 heterocycles. The van der Waals surface area contributed by atoms with Crippen LogP contribution in [0.2, 0.25) is 0 Å². The van der Waals surface area contributed by atoms with Crippen LogP contribution < -0.4 is 5.73 Å². The van der Waals surface area contributed by atoms with E-state index in [-0.39, 0.29) is 16.4 Å². The second-order valence-corrected chi connectivity index (χ2v) is 6.32. The molecule has 0 radical (unpaired) electrons. The summed E-state index contributed by atoms with van der Waals surface area (Å²) in [5, 5.41) is -0.267. The Morgan fingerprint density at radius 1 is 1.50 bits per heavy atom. The largest absolute Gasteiger partial charge is 0.381 e. The lowest BCUT2D eigenvalue weighted by Gasteiger charge is -2.14. The predicted octanol–water partition coefficient (Wildman–Crippen LogP) is 0.175. The zero-order valence-electron chi connectivity index (χ0n) is 8.82. The van der Waals surface area contributed by atoms with Gasteiger partial charge in [-0.2, -0.15) is 0 Å². The quantitative estimate of drug-likeness (QED) is 0.694. The molecule has 0 bridgehead atoms. The maximum Gasteiger partial charge on any atom is 0.153 e. The molecule has 1 saturated carbocycles. The van der Waals surface area contributed by atoms with Gasteiger partial charge in [-0.3, -0.25) is 0 Å². The van der Waals surface area contributed by atoms with Crippen LogP contribution in [0.25, 0.3) is 0 Å². The van der Waals surface area contributed by atoms with E-state index in [0.717, 1.165) is 0 Å². The second-order valence-electron chi connectivity index (χ2n) is 3.85. The fourth-order valence-electron chi connectivity index (χ4n) is 1.75. The molecule has 0 spiro atoms. The van der Waals surface area contributed by atoms with E-state index in [4.69, 9.17) is 10.5 Å². The highest BCUT2D eigenvalue weighted by Crippen LogP contribution is 2.50. The highest BCUT2D eigenvalue weighted by atomic mass is 32.2. The molecule has 1 aliphatic rings. The number of nitrogens with two attached hydrogens (primary N) is 1. The maximum absolute atomic E-state index is 11.6. The molecular formula is C9H19NO3S. The van der Waals surface area contributed by atoms with Crippen molar-refractivity contribution in [3.63, 3.8) is 0 Å². The van der Waals surface area contributed by atoms with E-state index in [0.29, 0.717) is 26.2 Å². The molecule has 14 heavy (non-hydrogen) atoms. The number of rotatable bonds is 6. The van der Waals surface area contributed by atoms with Crippen molar-refractivity contribution < 1.29 is 13.2 Å². The van der Waals surface area contributed by atoms with Gasteiger partial charge < -0.3 is 10.5 Å². The van der Waals surface area contributed by atoms with Gasteiger partial charge in [-0.05, 0) is 13.3 Å². The SMILES string of the molecule is CCOC[C@@]1(CN)C[C@@H]1S(=O)(=O)CC. The Hall–Kier alpha value is -0.130. The lowest BCUT2D eigenvalue weighted by atomic mass is 10.1. The molecule has 2 atom stereocenters. The summed E-state index contributed by atoms with van der Waals surface area (Å²) in [5.74, 6) is 0.200. The minimum Gasteiger partial charge on any atom is -0.381 e. The Morgan fingerprint density at radius 3 is 2.57 bits per heavy atom. The first-order valence-electron chi connectivity index (χ1n) is 5.02. The molecule has 0 amide bonds. The van der Waals surface area contributed by atoms with Gasteiger partial charge >= 0.3 is 0 Å². The number of ether oxygens (including phenoxy) is 1. The van der Waals surface area contributed by atoms with Crippen LogP contribution in [0.3, 0.4) is 0 Å². The van der Waals surface area contributed by atoms with Crippen LogP contribution in [-0.2, 0) is 14.6 Å². The molecular weight excluding hydrogens is 202 g/mol. The highest BCUT2D eigenvalue weighted by Gasteiger charge is 2.59. The Balaban J connectivity index is 2.63. The van der Waals surface area contributed by atoms with Crippen LogP contribution >= 0.6 is 0 Å². The van der Waals surface area contributed by atoms with E-state index in [2.05, 4.69) is 0 Å². The van der Waals surface area contributed by atoms with E-state index in [1.807, 2.05) is 6.92 Å². The number of hydrogen-bond acceptors (Lipinski definition) is 4. The monoisotopic (exact) mass is 221 g/mol. The van der Waals surface area contributed by atoms with Crippen molar-refractivity contribution in [1.82, 2.24) is 0 Å². The third-order valence-electron chi connectivity index (χ3n) is 2.95. The van der Waals surface area contributed by atoms with Crippen molar-refractivity contribution >= 4 is 9.84 Å². The molecule has 4 nitrogen and oxygen atoms in total. The molecule has 0 aromatic heterocycles. The lowest BCUT2D eigenvalue weighted by Crippen LogP contribution is -2.29. The van der Waals surface area contributed by atoms with Crippen LogP contribution in [0.4, 0.5) is 0 Å². The van der Waals surface area contributed by atoms with Crippen LogP contribution in [0.1, 0.15) is 20.3 Å². The van der Waals surface area contributed by atoms with Gasteiger partial charge in [0.2, 0.25) is 0 Å². The topological polar surface area (TPSA) is 69.4 Å². The normalized spacial score (nSPS) is 31.8. The molecule has 0 aromatic rings. The van der Waals surface area contributed by atoms with Gasteiger partial charge in [0, 0.05) is 24.3 Å². The Kier molecular flexibility index (Phi) is 3.55. The number of hydrogen-bond donors (Lipinski definition) is 1. The third kappa shape index (κ3) is 2.10. The summed E-state index contributed by atoms with van der Waals surface area (Å²) in [4.78, 5) is 0. The van der Waals surface area contributed by atoms with E-state index in [1.54, 1.807) is 6.92 Å². The van der Waals surface area contributed by atoms with Gasteiger partial charge in [0.25, 0.3) is 0 Å². The minimum atomic E-state index is -2.94. The molecule has 1 rings (SSSR count). The Bertz CT molecular complexity index is 288. The van der Waals surface area contributed by atoms with Crippen molar-refractivity contribution in [2.45, 2.75) is 25.5 Å². The van der Waals surface area contributed by atoms with Gasteiger partial charge in [-0.25, -0.2) is 8.42 Å². The third-order valence-corrected chi connectivity index (χ3v) is 5.29. The molecule has 0 aromatic carbocycles. The first-order chi connectivity index (χ1) is 6.52. The fourth-order valence-corrected chi connectivity index (χ4v) is 3.66. The van der Waals surface area contributed by atoms with Crippen molar-refractivity contribution in [2.75, 3.05) is 25.5 Å². The summed E-state index contributed by atoms with van der Waals surface area (Å²) in [7, 11) is -2.94. The lowest BCUT2D eigenvalue weighted by molar-refractivity contribution is 0.104. The summed E-state index contributed by atoms with van der Waals surface area (Å²) in [6.07, 6.45) is 0.666. The first-order valence-corrected chi connectivity index (χ1v) is 6.73.